The standard InChI is InChI=1S/C7H14N2/c1-4-7-8(2)5-6-9(7)3/h4H,5-6H2,1-3H3. The van der Waals surface area contributed by atoms with Crippen molar-refractivity contribution in [1.29, 1.82) is 0 Å². The van der Waals surface area contributed by atoms with E-state index < -0.39 is 0 Å². The molecule has 0 aromatic rings. The fourth-order valence-corrected chi connectivity index (χ4v) is 1.26. The van der Waals surface area contributed by atoms with Crippen molar-refractivity contribution < 1.29 is 0 Å². The van der Waals surface area contributed by atoms with Gasteiger partial charge in [-0.25, -0.2) is 0 Å². The van der Waals surface area contributed by atoms with Gasteiger partial charge in [0.2, 0.25) is 0 Å². The highest BCUT2D eigenvalue weighted by Crippen LogP contribution is 2.12. The third-order valence-corrected chi connectivity index (χ3v) is 1.81. The summed E-state index contributed by atoms with van der Waals surface area (Å²) in [5.41, 5.74) is 0. The topological polar surface area (TPSA) is 6.48 Å². The maximum atomic E-state index is 2.26. The smallest absolute Gasteiger partial charge is 0.0991 e. The van der Waals surface area contributed by atoms with Gasteiger partial charge in [0.1, 0.15) is 0 Å². The average Bonchev–Trinajstić information content (AvgIpc) is 2.12. The molecule has 52 valence electrons. The maximum Gasteiger partial charge on any atom is 0.0991 e. The number of likely N-dealkylation sites (N-methyl/N-ethyl adjacent to an activating group) is 2. The van der Waals surface area contributed by atoms with E-state index in [1.807, 2.05) is 0 Å². The lowest BCUT2D eigenvalue weighted by molar-refractivity contribution is 0.422. The summed E-state index contributed by atoms with van der Waals surface area (Å²) in [5, 5.41) is 0. The fraction of sp³-hybridized carbons (Fsp3) is 0.714. The van der Waals surface area contributed by atoms with E-state index in [-0.39, 0.29) is 0 Å². The van der Waals surface area contributed by atoms with Crippen LogP contribution in [0.2, 0.25) is 0 Å². The molecular formula is C7H14N2. The number of hydrogen-bond acceptors (Lipinski definition) is 2. The van der Waals surface area contributed by atoms with Crippen LogP contribution < -0.4 is 0 Å². The van der Waals surface area contributed by atoms with E-state index in [1.165, 1.54) is 5.82 Å². The van der Waals surface area contributed by atoms with Crippen LogP contribution in [0.15, 0.2) is 11.9 Å². The Kier molecular flexibility index (Phi) is 1.65. The third-order valence-electron chi connectivity index (χ3n) is 1.81. The lowest BCUT2D eigenvalue weighted by atomic mass is 10.5. The summed E-state index contributed by atoms with van der Waals surface area (Å²) < 4.78 is 0. The molecule has 0 unspecified atom stereocenters. The Hall–Kier alpha value is -0.660. The van der Waals surface area contributed by atoms with Crippen molar-refractivity contribution in [2.24, 2.45) is 0 Å². The predicted octanol–water partition coefficient (Wildman–Crippen LogP) is 0.725. The van der Waals surface area contributed by atoms with E-state index >= 15 is 0 Å². The van der Waals surface area contributed by atoms with Crippen molar-refractivity contribution in [1.82, 2.24) is 9.80 Å². The molecule has 0 saturated carbocycles. The molecule has 1 saturated heterocycles. The first kappa shape index (κ1) is 6.46. The molecule has 0 atom stereocenters. The quantitative estimate of drug-likeness (QED) is 0.472. The van der Waals surface area contributed by atoms with Crippen LogP contribution in [0.4, 0.5) is 0 Å². The van der Waals surface area contributed by atoms with Crippen molar-refractivity contribution in [3.8, 4) is 0 Å². The molecule has 2 heteroatoms. The zero-order valence-electron chi connectivity index (χ0n) is 6.39. The van der Waals surface area contributed by atoms with Crippen LogP contribution in [-0.2, 0) is 0 Å². The van der Waals surface area contributed by atoms with Gasteiger partial charge in [-0.3, -0.25) is 0 Å². The molecule has 1 rings (SSSR count). The van der Waals surface area contributed by atoms with Gasteiger partial charge in [-0.1, -0.05) is 0 Å². The Morgan fingerprint density at radius 2 is 1.67 bits per heavy atom. The largest absolute Gasteiger partial charge is 0.360 e. The first-order valence-corrected chi connectivity index (χ1v) is 3.34. The molecule has 0 amide bonds. The molecule has 0 N–H and O–H groups in total. The summed E-state index contributed by atoms with van der Waals surface area (Å²) in [5.74, 6) is 1.34. The van der Waals surface area contributed by atoms with Crippen molar-refractivity contribution >= 4 is 0 Å². The molecule has 1 heterocycles. The second-order valence-corrected chi connectivity index (χ2v) is 2.49. The third kappa shape index (κ3) is 1.02. The number of hydrogen-bond donors (Lipinski definition) is 0. The molecule has 9 heavy (non-hydrogen) atoms. The Labute approximate surface area is 56.8 Å². The van der Waals surface area contributed by atoms with Gasteiger partial charge in [0.25, 0.3) is 0 Å². The number of nitrogens with zero attached hydrogens (tertiary/aromatic N) is 2. The van der Waals surface area contributed by atoms with Gasteiger partial charge in [-0.2, -0.15) is 0 Å². The van der Waals surface area contributed by atoms with E-state index in [0.29, 0.717) is 0 Å². The Morgan fingerprint density at radius 3 is 1.89 bits per heavy atom. The molecule has 0 aliphatic carbocycles. The molecular weight excluding hydrogens is 112 g/mol. The molecule has 1 aliphatic heterocycles. The van der Waals surface area contributed by atoms with Crippen LogP contribution in [0.25, 0.3) is 0 Å². The lowest BCUT2D eigenvalue weighted by Gasteiger charge is -2.16. The zero-order valence-corrected chi connectivity index (χ0v) is 6.39. The Morgan fingerprint density at radius 1 is 1.22 bits per heavy atom. The molecule has 1 fully saturated rings. The average molecular weight is 126 g/mol. The minimum absolute atomic E-state index is 1.16. The highest BCUT2D eigenvalue weighted by Gasteiger charge is 2.15. The monoisotopic (exact) mass is 126 g/mol. The summed E-state index contributed by atoms with van der Waals surface area (Å²) in [4.78, 5) is 4.53. The molecule has 1 aliphatic rings. The first-order chi connectivity index (χ1) is 4.25. The number of rotatable bonds is 0. The molecule has 2 nitrogen and oxygen atoms in total. The van der Waals surface area contributed by atoms with Crippen LogP contribution >= 0.6 is 0 Å². The fourth-order valence-electron chi connectivity index (χ4n) is 1.26. The van der Waals surface area contributed by atoms with E-state index in [4.69, 9.17) is 0 Å². The second kappa shape index (κ2) is 2.29. The molecule has 0 aromatic carbocycles. The van der Waals surface area contributed by atoms with Gasteiger partial charge in [-0.15, -0.1) is 0 Å². The minimum atomic E-state index is 1.16. The van der Waals surface area contributed by atoms with E-state index in [9.17, 15) is 0 Å². The van der Waals surface area contributed by atoms with Gasteiger partial charge in [0, 0.05) is 27.2 Å². The van der Waals surface area contributed by atoms with Crippen molar-refractivity contribution in [2.45, 2.75) is 6.92 Å². The molecule has 0 radical (unpaired) electrons. The Balaban J connectivity index is 2.66. The van der Waals surface area contributed by atoms with E-state index in [1.54, 1.807) is 0 Å². The van der Waals surface area contributed by atoms with Crippen molar-refractivity contribution in [3.63, 3.8) is 0 Å². The summed E-state index contributed by atoms with van der Waals surface area (Å²) in [6.07, 6.45) is 2.15. The van der Waals surface area contributed by atoms with Gasteiger partial charge in [0.15, 0.2) is 0 Å². The highest BCUT2D eigenvalue weighted by atomic mass is 15.4. The minimum Gasteiger partial charge on any atom is -0.360 e. The molecule has 0 bridgehead atoms. The van der Waals surface area contributed by atoms with Crippen LogP contribution in [0, 0.1) is 0 Å². The summed E-state index contributed by atoms with van der Waals surface area (Å²) in [7, 11) is 4.25. The SMILES string of the molecule is CC=C1N(C)CCN1C. The van der Waals surface area contributed by atoms with Crippen molar-refractivity contribution in [3.05, 3.63) is 11.9 Å². The van der Waals surface area contributed by atoms with Crippen LogP contribution in [0.5, 0.6) is 0 Å². The number of allylic oxidation sites excluding steroid dienone is 1. The van der Waals surface area contributed by atoms with E-state index in [2.05, 4.69) is 36.9 Å². The molecule has 0 spiro atoms. The normalized spacial score (nSPS) is 19.2. The van der Waals surface area contributed by atoms with Gasteiger partial charge >= 0.3 is 0 Å². The zero-order chi connectivity index (χ0) is 6.85. The molecule has 0 aromatic heterocycles. The van der Waals surface area contributed by atoms with E-state index in [0.717, 1.165) is 13.1 Å². The first-order valence-electron chi connectivity index (χ1n) is 3.34. The Bertz CT molecular complexity index is 117. The summed E-state index contributed by atoms with van der Waals surface area (Å²) in [6.45, 7) is 4.40. The maximum absolute atomic E-state index is 2.26. The van der Waals surface area contributed by atoms with Gasteiger partial charge in [-0.05, 0) is 13.0 Å². The summed E-state index contributed by atoms with van der Waals surface area (Å²) >= 11 is 0. The summed E-state index contributed by atoms with van der Waals surface area (Å²) in [6, 6.07) is 0. The van der Waals surface area contributed by atoms with Gasteiger partial charge < -0.3 is 9.80 Å². The predicted molar refractivity (Wildman–Crippen MR) is 39.0 cm³/mol. The van der Waals surface area contributed by atoms with Crippen LogP contribution in [0.1, 0.15) is 6.92 Å². The van der Waals surface area contributed by atoms with Gasteiger partial charge in [0.05, 0.1) is 5.82 Å². The second-order valence-electron chi connectivity index (χ2n) is 2.49. The van der Waals surface area contributed by atoms with Crippen LogP contribution in [0.3, 0.4) is 0 Å². The highest BCUT2D eigenvalue weighted by molar-refractivity contribution is 5.01. The van der Waals surface area contributed by atoms with Crippen molar-refractivity contribution in [2.75, 3.05) is 27.2 Å². The lowest BCUT2D eigenvalue weighted by Crippen LogP contribution is -2.15. The van der Waals surface area contributed by atoms with Crippen LogP contribution in [-0.4, -0.2) is 37.0 Å².